The Morgan fingerprint density at radius 3 is 2.41 bits per heavy atom. The number of hydrogen-bond donors (Lipinski definition) is 0. The molecule has 3 aromatic rings. The molecule has 0 unspecified atom stereocenters. The van der Waals surface area contributed by atoms with Crippen LogP contribution in [0.25, 0.3) is 0 Å². The average Bonchev–Trinajstić information content (AvgIpc) is 3.10. The van der Waals surface area contributed by atoms with E-state index in [9.17, 15) is 13.6 Å². The predicted molar refractivity (Wildman–Crippen MR) is 140 cm³/mol. The molecule has 1 fully saturated rings. The molecule has 5 rings (SSSR count). The molecule has 0 saturated carbocycles. The fourth-order valence-corrected chi connectivity index (χ4v) is 5.41. The van der Waals surface area contributed by atoms with Crippen LogP contribution in [0.15, 0.2) is 66.7 Å². The van der Waals surface area contributed by atoms with Crippen molar-refractivity contribution < 1.29 is 18.3 Å². The molecule has 3 aromatic carbocycles. The fraction of sp³-hybridized carbons (Fsp3) is 0.387. The lowest BCUT2D eigenvalue weighted by Crippen LogP contribution is -2.33. The number of fused-ring (bicyclic) bond motifs is 1. The van der Waals surface area contributed by atoms with E-state index in [0.717, 1.165) is 73.4 Å². The number of benzene rings is 3. The third-order valence-corrected chi connectivity index (χ3v) is 7.54. The fourth-order valence-electron chi connectivity index (χ4n) is 5.41. The van der Waals surface area contributed by atoms with Crippen molar-refractivity contribution in [2.24, 2.45) is 5.92 Å². The first-order valence-electron chi connectivity index (χ1n) is 13.2. The molecule has 0 amide bonds. The maximum absolute atomic E-state index is 13.5. The van der Waals surface area contributed by atoms with Crippen molar-refractivity contribution in [2.45, 2.75) is 45.3 Å². The van der Waals surface area contributed by atoms with E-state index in [1.165, 1.54) is 18.2 Å². The molecule has 4 nitrogen and oxygen atoms in total. The molecule has 2 aliphatic heterocycles. The molecular formula is C31H34F2N2O2. The van der Waals surface area contributed by atoms with Crippen LogP contribution in [0.3, 0.4) is 0 Å². The van der Waals surface area contributed by atoms with Crippen LogP contribution in [-0.2, 0) is 19.6 Å². The number of piperidine rings is 1. The third kappa shape index (κ3) is 7.02. The summed E-state index contributed by atoms with van der Waals surface area (Å²) < 4.78 is 32.7. The van der Waals surface area contributed by atoms with E-state index in [0.29, 0.717) is 32.0 Å². The highest BCUT2D eigenvalue weighted by atomic mass is 19.1. The quantitative estimate of drug-likeness (QED) is 0.340. The highest BCUT2D eigenvalue weighted by molar-refractivity contribution is 5.96. The van der Waals surface area contributed by atoms with Gasteiger partial charge in [0, 0.05) is 43.7 Å². The van der Waals surface area contributed by atoms with Crippen LogP contribution < -0.4 is 4.74 Å². The van der Waals surface area contributed by atoms with Gasteiger partial charge in [-0.3, -0.25) is 14.6 Å². The number of Topliss-reactive ketones (excluding diaryl/α,β-unsaturated/α-hetero) is 1. The Hall–Kier alpha value is -3.09. The van der Waals surface area contributed by atoms with E-state index < -0.39 is 0 Å². The molecule has 0 atom stereocenters. The molecule has 2 heterocycles. The molecule has 0 aliphatic carbocycles. The lowest BCUT2D eigenvalue weighted by molar-refractivity contribution is 0.0961. The predicted octanol–water partition coefficient (Wildman–Crippen LogP) is 6.23. The van der Waals surface area contributed by atoms with E-state index >= 15 is 0 Å². The summed E-state index contributed by atoms with van der Waals surface area (Å²) in [6.07, 6.45) is 3.59. The molecule has 6 heteroatoms. The minimum absolute atomic E-state index is 0.180. The van der Waals surface area contributed by atoms with E-state index in [1.54, 1.807) is 12.1 Å². The van der Waals surface area contributed by atoms with Gasteiger partial charge < -0.3 is 4.74 Å². The molecular weight excluding hydrogens is 470 g/mol. The molecule has 0 aromatic heterocycles. The third-order valence-electron chi connectivity index (χ3n) is 7.54. The summed E-state index contributed by atoms with van der Waals surface area (Å²) >= 11 is 0. The Bertz CT molecular complexity index is 1210. The Balaban J connectivity index is 1.12. The topological polar surface area (TPSA) is 32.8 Å². The monoisotopic (exact) mass is 504 g/mol. The van der Waals surface area contributed by atoms with Gasteiger partial charge in [0.2, 0.25) is 0 Å². The van der Waals surface area contributed by atoms with Crippen molar-refractivity contribution in [3.05, 3.63) is 101 Å². The largest absolute Gasteiger partial charge is 0.492 e. The lowest BCUT2D eigenvalue weighted by Gasteiger charge is -2.32. The van der Waals surface area contributed by atoms with Gasteiger partial charge >= 0.3 is 0 Å². The summed E-state index contributed by atoms with van der Waals surface area (Å²) in [6.45, 7) is 5.49. The van der Waals surface area contributed by atoms with Crippen molar-refractivity contribution in [1.29, 1.82) is 0 Å². The second-order valence-corrected chi connectivity index (χ2v) is 10.3. The van der Waals surface area contributed by atoms with Crippen LogP contribution in [-0.4, -0.2) is 41.8 Å². The smallest absolute Gasteiger partial charge is 0.162 e. The summed E-state index contributed by atoms with van der Waals surface area (Å²) in [4.78, 5) is 17.7. The van der Waals surface area contributed by atoms with Crippen LogP contribution in [0.4, 0.5) is 8.78 Å². The standard InChI is InChI=1S/C31H34F2N2O2/c32-28-8-4-24(5-9-28)20-35-16-17-37-31-11-7-26(19-27(31)22-35)30(36)10-6-23-12-14-34(15-13-23)21-25-2-1-3-29(33)18-25/h1-5,7-9,11,18-19,23H,6,10,12-17,20-22H2. The van der Waals surface area contributed by atoms with Crippen LogP contribution >= 0.6 is 0 Å². The second kappa shape index (κ2) is 12.0. The van der Waals surface area contributed by atoms with E-state index in [-0.39, 0.29) is 17.4 Å². The van der Waals surface area contributed by atoms with Gasteiger partial charge in [-0.25, -0.2) is 8.78 Å². The molecule has 1 saturated heterocycles. The number of ketones is 1. The Morgan fingerprint density at radius 1 is 0.838 bits per heavy atom. The first-order chi connectivity index (χ1) is 18.0. The number of halogens is 2. The summed E-state index contributed by atoms with van der Waals surface area (Å²) in [6, 6.07) is 19.2. The highest BCUT2D eigenvalue weighted by Gasteiger charge is 2.22. The van der Waals surface area contributed by atoms with Gasteiger partial charge in [0.15, 0.2) is 5.78 Å². The van der Waals surface area contributed by atoms with E-state index in [4.69, 9.17) is 4.74 Å². The minimum Gasteiger partial charge on any atom is -0.492 e. The normalized spacial score (nSPS) is 17.1. The molecule has 0 N–H and O–H groups in total. The minimum atomic E-state index is -0.231. The van der Waals surface area contributed by atoms with Crippen LogP contribution in [0.2, 0.25) is 0 Å². The SMILES string of the molecule is O=C(CCC1CCN(Cc2cccc(F)c2)CC1)c1ccc2c(c1)CN(Cc1ccc(F)cc1)CCO2. The number of hydrogen-bond acceptors (Lipinski definition) is 4. The maximum atomic E-state index is 13.5. The summed E-state index contributed by atoms with van der Waals surface area (Å²) in [5.41, 5.74) is 3.83. The molecule has 0 spiro atoms. The Morgan fingerprint density at radius 2 is 1.62 bits per heavy atom. The summed E-state index contributed by atoms with van der Waals surface area (Å²) in [7, 11) is 0. The molecule has 37 heavy (non-hydrogen) atoms. The highest BCUT2D eigenvalue weighted by Crippen LogP contribution is 2.28. The van der Waals surface area contributed by atoms with E-state index in [2.05, 4.69) is 9.80 Å². The number of nitrogens with zero attached hydrogens (tertiary/aromatic N) is 2. The molecule has 2 aliphatic rings. The van der Waals surface area contributed by atoms with Crippen LogP contribution in [0.5, 0.6) is 5.75 Å². The van der Waals surface area contributed by atoms with Gasteiger partial charge in [0.1, 0.15) is 24.0 Å². The average molecular weight is 505 g/mol. The van der Waals surface area contributed by atoms with E-state index in [1.807, 2.05) is 36.4 Å². The van der Waals surface area contributed by atoms with Crippen LogP contribution in [0.1, 0.15) is 52.7 Å². The Kier molecular flexibility index (Phi) is 8.27. The molecule has 194 valence electrons. The van der Waals surface area contributed by atoms with Crippen molar-refractivity contribution >= 4 is 5.78 Å². The van der Waals surface area contributed by atoms with Gasteiger partial charge in [0.25, 0.3) is 0 Å². The zero-order valence-corrected chi connectivity index (χ0v) is 21.2. The van der Waals surface area contributed by atoms with Gasteiger partial charge in [-0.05, 0) is 91.9 Å². The summed E-state index contributed by atoms with van der Waals surface area (Å²) in [5, 5.41) is 0. The first-order valence-corrected chi connectivity index (χ1v) is 13.2. The van der Waals surface area contributed by atoms with Gasteiger partial charge in [-0.2, -0.15) is 0 Å². The maximum Gasteiger partial charge on any atom is 0.162 e. The number of rotatable bonds is 8. The van der Waals surface area contributed by atoms with Gasteiger partial charge in [-0.15, -0.1) is 0 Å². The second-order valence-electron chi connectivity index (χ2n) is 10.3. The molecule has 0 bridgehead atoms. The number of carbonyl (C=O) groups is 1. The first kappa shape index (κ1) is 25.6. The molecule has 0 radical (unpaired) electrons. The van der Waals surface area contributed by atoms with Gasteiger partial charge in [0.05, 0.1) is 0 Å². The lowest BCUT2D eigenvalue weighted by atomic mass is 9.90. The van der Waals surface area contributed by atoms with Crippen LogP contribution in [0, 0.1) is 17.6 Å². The number of ether oxygens (including phenoxy) is 1. The van der Waals surface area contributed by atoms with Crippen molar-refractivity contribution in [3.63, 3.8) is 0 Å². The zero-order valence-electron chi connectivity index (χ0n) is 21.2. The van der Waals surface area contributed by atoms with Gasteiger partial charge in [-0.1, -0.05) is 24.3 Å². The van der Waals surface area contributed by atoms with Crippen molar-refractivity contribution in [1.82, 2.24) is 9.80 Å². The number of carbonyl (C=O) groups excluding carboxylic acids is 1. The zero-order chi connectivity index (χ0) is 25.6. The number of likely N-dealkylation sites (tertiary alicyclic amines) is 1. The van der Waals surface area contributed by atoms with Crippen molar-refractivity contribution in [2.75, 3.05) is 26.2 Å². The van der Waals surface area contributed by atoms with Crippen molar-refractivity contribution in [3.8, 4) is 5.75 Å². The Labute approximate surface area is 217 Å². The summed E-state index contributed by atoms with van der Waals surface area (Å²) in [5.74, 6) is 1.15.